The zero-order valence-corrected chi connectivity index (χ0v) is 9.98. The molecule has 2 aromatic rings. The molecule has 0 saturated carbocycles. The average Bonchev–Trinajstić information content (AvgIpc) is 2.71. The first kappa shape index (κ1) is 12.1. The van der Waals surface area contributed by atoms with Crippen LogP contribution in [0.2, 0.25) is 0 Å². The fourth-order valence-corrected chi connectivity index (χ4v) is 1.77. The van der Waals surface area contributed by atoms with Crippen molar-refractivity contribution >= 4 is 5.91 Å². The second kappa shape index (κ2) is 4.48. The lowest BCUT2D eigenvalue weighted by Crippen LogP contribution is -2.12. The maximum absolute atomic E-state index is 13.6. The number of amides is 1. The van der Waals surface area contributed by atoms with Crippen LogP contribution in [0.4, 0.5) is 4.39 Å². The molecule has 5 nitrogen and oxygen atoms in total. The van der Waals surface area contributed by atoms with Gasteiger partial charge in [0.1, 0.15) is 0 Å². The summed E-state index contributed by atoms with van der Waals surface area (Å²) in [6.45, 7) is 0. The highest BCUT2D eigenvalue weighted by atomic mass is 19.1. The highest BCUT2D eigenvalue weighted by Gasteiger charge is 2.16. The molecule has 2 rings (SSSR count). The summed E-state index contributed by atoms with van der Waals surface area (Å²) in [5, 5.41) is 3.95. The first-order valence-corrected chi connectivity index (χ1v) is 5.20. The summed E-state index contributed by atoms with van der Waals surface area (Å²) in [5.41, 5.74) is 6.49. The number of hydrogen-bond acceptors (Lipinski definition) is 3. The summed E-state index contributed by atoms with van der Waals surface area (Å²) in [4.78, 5) is 11.3. The molecule has 1 aromatic carbocycles. The van der Waals surface area contributed by atoms with E-state index in [0.717, 1.165) is 0 Å². The molecule has 0 spiro atoms. The molecule has 94 valence electrons. The van der Waals surface area contributed by atoms with Crippen LogP contribution in [-0.4, -0.2) is 22.8 Å². The number of aryl methyl sites for hydroxylation is 1. The monoisotopic (exact) mass is 249 g/mol. The number of carbonyl (C=O) groups excluding carboxylic acids is 1. The van der Waals surface area contributed by atoms with Gasteiger partial charge in [-0.05, 0) is 18.2 Å². The number of ether oxygens (including phenoxy) is 1. The quantitative estimate of drug-likeness (QED) is 0.892. The van der Waals surface area contributed by atoms with Crippen LogP contribution >= 0.6 is 0 Å². The molecule has 18 heavy (non-hydrogen) atoms. The van der Waals surface area contributed by atoms with Crippen molar-refractivity contribution in [3.05, 3.63) is 35.8 Å². The van der Waals surface area contributed by atoms with E-state index < -0.39 is 11.7 Å². The van der Waals surface area contributed by atoms with E-state index in [1.54, 1.807) is 13.1 Å². The Morgan fingerprint density at radius 3 is 2.78 bits per heavy atom. The molecule has 0 radical (unpaired) electrons. The summed E-state index contributed by atoms with van der Waals surface area (Å²) in [6, 6.07) is 4.41. The third kappa shape index (κ3) is 1.92. The molecule has 0 bridgehead atoms. The first-order valence-electron chi connectivity index (χ1n) is 5.20. The summed E-state index contributed by atoms with van der Waals surface area (Å²) < 4.78 is 19.9. The van der Waals surface area contributed by atoms with E-state index in [4.69, 9.17) is 10.5 Å². The molecule has 2 N–H and O–H groups in total. The molecule has 0 saturated heterocycles. The number of nitrogens with zero attached hydrogens (tertiary/aromatic N) is 2. The van der Waals surface area contributed by atoms with Gasteiger partial charge in [0, 0.05) is 12.6 Å². The van der Waals surface area contributed by atoms with Crippen LogP contribution in [0.1, 0.15) is 10.4 Å². The Morgan fingerprint density at radius 2 is 2.22 bits per heavy atom. The number of carbonyl (C=O) groups is 1. The fourth-order valence-electron chi connectivity index (χ4n) is 1.77. The maximum atomic E-state index is 13.6. The molecule has 0 aliphatic rings. The van der Waals surface area contributed by atoms with E-state index in [2.05, 4.69) is 5.10 Å². The van der Waals surface area contributed by atoms with Gasteiger partial charge in [-0.2, -0.15) is 5.10 Å². The van der Waals surface area contributed by atoms with Crippen molar-refractivity contribution in [2.24, 2.45) is 12.8 Å². The average molecular weight is 249 g/mol. The molecule has 1 amide bonds. The number of methoxy groups -OCH3 is 1. The third-order valence-corrected chi connectivity index (χ3v) is 2.63. The molecular weight excluding hydrogens is 237 g/mol. The fraction of sp³-hybridized carbons (Fsp3) is 0.167. The Hall–Kier alpha value is -2.37. The Labute approximate surface area is 103 Å². The van der Waals surface area contributed by atoms with E-state index in [0.29, 0.717) is 11.3 Å². The van der Waals surface area contributed by atoms with Crippen molar-refractivity contribution in [3.63, 3.8) is 0 Å². The molecular formula is C12H12FN3O2. The Balaban J connectivity index is 2.58. The smallest absolute Gasteiger partial charge is 0.252 e. The number of aromatic nitrogens is 2. The van der Waals surface area contributed by atoms with Gasteiger partial charge in [-0.3, -0.25) is 9.48 Å². The Kier molecular flexibility index (Phi) is 3.01. The maximum Gasteiger partial charge on any atom is 0.252 e. The Morgan fingerprint density at radius 1 is 1.50 bits per heavy atom. The van der Waals surface area contributed by atoms with Gasteiger partial charge in [-0.25, -0.2) is 4.39 Å². The van der Waals surface area contributed by atoms with E-state index in [1.165, 1.54) is 30.1 Å². The molecule has 0 atom stereocenters. The highest BCUT2D eigenvalue weighted by molar-refractivity contribution is 5.98. The normalized spacial score (nSPS) is 10.4. The molecule has 1 aromatic heterocycles. The molecule has 0 unspecified atom stereocenters. The number of hydrogen-bond donors (Lipinski definition) is 1. The second-order valence-electron chi connectivity index (χ2n) is 3.74. The SMILES string of the molecule is COc1ccc(-c2c(C(N)=O)cnn2C)cc1F. The largest absolute Gasteiger partial charge is 0.494 e. The van der Waals surface area contributed by atoms with Crippen molar-refractivity contribution in [3.8, 4) is 17.0 Å². The van der Waals surface area contributed by atoms with E-state index in [-0.39, 0.29) is 11.3 Å². The van der Waals surface area contributed by atoms with Crippen molar-refractivity contribution in [1.29, 1.82) is 0 Å². The summed E-state index contributed by atoms with van der Waals surface area (Å²) in [5.74, 6) is -0.970. The molecule has 1 heterocycles. The molecule has 0 fully saturated rings. The van der Waals surface area contributed by atoms with Crippen LogP contribution in [-0.2, 0) is 7.05 Å². The van der Waals surface area contributed by atoms with Gasteiger partial charge in [-0.15, -0.1) is 0 Å². The van der Waals surface area contributed by atoms with Gasteiger partial charge >= 0.3 is 0 Å². The zero-order valence-electron chi connectivity index (χ0n) is 9.98. The lowest BCUT2D eigenvalue weighted by Gasteiger charge is -2.07. The van der Waals surface area contributed by atoms with E-state index in [1.807, 2.05) is 0 Å². The van der Waals surface area contributed by atoms with E-state index >= 15 is 0 Å². The van der Waals surface area contributed by atoms with Crippen molar-refractivity contribution in [2.75, 3.05) is 7.11 Å². The first-order chi connectivity index (χ1) is 8.54. The van der Waals surface area contributed by atoms with Crippen molar-refractivity contribution in [2.45, 2.75) is 0 Å². The Bertz CT molecular complexity index is 607. The number of nitrogens with two attached hydrogens (primary N) is 1. The summed E-state index contributed by atoms with van der Waals surface area (Å²) in [7, 11) is 3.04. The molecule has 6 heteroatoms. The minimum Gasteiger partial charge on any atom is -0.494 e. The predicted molar refractivity (Wildman–Crippen MR) is 63.7 cm³/mol. The van der Waals surface area contributed by atoms with Crippen LogP contribution < -0.4 is 10.5 Å². The minimum absolute atomic E-state index is 0.140. The summed E-state index contributed by atoms with van der Waals surface area (Å²) in [6.07, 6.45) is 1.36. The zero-order chi connectivity index (χ0) is 13.3. The summed E-state index contributed by atoms with van der Waals surface area (Å²) >= 11 is 0. The van der Waals surface area contributed by atoms with Gasteiger partial charge in [0.2, 0.25) is 0 Å². The highest BCUT2D eigenvalue weighted by Crippen LogP contribution is 2.27. The number of benzene rings is 1. The predicted octanol–water partition coefficient (Wildman–Crippen LogP) is 1.33. The topological polar surface area (TPSA) is 70.1 Å². The lowest BCUT2D eigenvalue weighted by atomic mass is 10.1. The lowest BCUT2D eigenvalue weighted by molar-refractivity contribution is 0.100. The molecule has 0 aliphatic carbocycles. The minimum atomic E-state index is -0.602. The van der Waals surface area contributed by atoms with Crippen LogP contribution in [0.5, 0.6) is 5.75 Å². The number of halogens is 1. The van der Waals surface area contributed by atoms with Gasteiger partial charge in [0.05, 0.1) is 24.6 Å². The number of primary amides is 1. The van der Waals surface area contributed by atoms with Crippen molar-refractivity contribution in [1.82, 2.24) is 9.78 Å². The van der Waals surface area contributed by atoms with Gasteiger partial charge < -0.3 is 10.5 Å². The molecule has 0 aliphatic heterocycles. The van der Waals surface area contributed by atoms with Crippen LogP contribution in [0.15, 0.2) is 24.4 Å². The van der Waals surface area contributed by atoms with Gasteiger partial charge in [-0.1, -0.05) is 0 Å². The number of rotatable bonds is 3. The van der Waals surface area contributed by atoms with Gasteiger partial charge in [0.25, 0.3) is 5.91 Å². The van der Waals surface area contributed by atoms with Crippen LogP contribution in [0.3, 0.4) is 0 Å². The van der Waals surface area contributed by atoms with Gasteiger partial charge in [0.15, 0.2) is 11.6 Å². The van der Waals surface area contributed by atoms with Crippen LogP contribution in [0.25, 0.3) is 11.3 Å². The second-order valence-corrected chi connectivity index (χ2v) is 3.74. The van der Waals surface area contributed by atoms with Crippen molar-refractivity contribution < 1.29 is 13.9 Å². The standard InChI is InChI=1S/C12H12FN3O2/c1-16-11(8(6-15-16)12(14)17)7-3-4-10(18-2)9(13)5-7/h3-6H,1-2H3,(H2,14,17). The third-order valence-electron chi connectivity index (χ3n) is 2.63. The van der Waals surface area contributed by atoms with E-state index in [9.17, 15) is 9.18 Å². The van der Waals surface area contributed by atoms with Crippen LogP contribution in [0, 0.1) is 5.82 Å².